The fourth-order valence-electron chi connectivity index (χ4n) is 2.96. The Morgan fingerprint density at radius 1 is 1.32 bits per heavy atom. The Morgan fingerprint density at radius 2 is 2.00 bits per heavy atom. The molecule has 0 aromatic rings. The van der Waals surface area contributed by atoms with Crippen molar-refractivity contribution in [3.63, 3.8) is 0 Å². The van der Waals surface area contributed by atoms with E-state index in [-0.39, 0.29) is 11.9 Å². The smallest absolute Gasteiger partial charge is 0.239 e. The van der Waals surface area contributed by atoms with Gasteiger partial charge in [-0.2, -0.15) is 0 Å². The molecule has 0 saturated carbocycles. The first-order chi connectivity index (χ1) is 8.86. The fraction of sp³-hybridized carbons (Fsp3) is 0.938. The van der Waals surface area contributed by atoms with Crippen molar-refractivity contribution < 1.29 is 4.79 Å². The summed E-state index contributed by atoms with van der Waals surface area (Å²) in [7, 11) is 0. The number of rotatable bonds is 4. The van der Waals surface area contributed by atoms with E-state index >= 15 is 0 Å². The van der Waals surface area contributed by atoms with Gasteiger partial charge in [-0.05, 0) is 37.0 Å². The number of amides is 1. The molecule has 1 rings (SSSR count). The number of nitrogens with two attached hydrogens (primary N) is 1. The molecule has 3 heteroatoms. The number of unbranched alkanes of at least 4 members (excludes halogenated alkanes) is 1. The standard InChI is InChI=1S/C16H32N2O/c1-5-6-9-14(17)15(19)18-11-7-8-13(10-12-18)16(2,3)4/h13-14H,5-12,17H2,1-4H3. The Kier molecular flexibility index (Phi) is 6.31. The van der Waals surface area contributed by atoms with E-state index in [4.69, 9.17) is 5.73 Å². The molecule has 112 valence electrons. The second-order valence-electron chi connectivity index (χ2n) is 7.07. The lowest BCUT2D eigenvalue weighted by molar-refractivity contribution is -0.132. The van der Waals surface area contributed by atoms with E-state index in [2.05, 4.69) is 27.7 Å². The Bertz CT molecular complexity index is 283. The molecule has 19 heavy (non-hydrogen) atoms. The van der Waals surface area contributed by atoms with Gasteiger partial charge < -0.3 is 10.6 Å². The molecule has 0 bridgehead atoms. The topological polar surface area (TPSA) is 46.3 Å². The molecule has 2 atom stereocenters. The molecule has 1 amide bonds. The second kappa shape index (κ2) is 7.28. The van der Waals surface area contributed by atoms with Gasteiger partial charge in [-0.25, -0.2) is 0 Å². The Balaban J connectivity index is 2.50. The van der Waals surface area contributed by atoms with Gasteiger partial charge in [0.1, 0.15) is 0 Å². The first-order valence-corrected chi connectivity index (χ1v) is 7.90. The van der Waals surface area contributed by atoms with Gasteiger partial charge in [-0.1, -0.05) is 40.5 Å². The van der Waals surface area contributed by atoms with Crippen molar-refractivity contribution in [2.45, 2.75) is 72.3 Å². The van der Waals surface area contributed by atoms with Crippen molar-refractivity contribution in [3.05, 3.63) is 0 Å². The average Bonchev–Trinajstić information content (AvgIpc) is 2.60. The van der Waals surface area contributed by atoms with Gasteiger partial charge >= 0.3 is 0 Å². The summed E-state index contributed by atoms with van der Waals surface area (Å²) in [4.78, 5) is 14.3. The predicted octanol–water partition coefficient (Wildman–Crippen LogP) is 3.18. The van der Waals surface area contributed by atoms with Crippen LogP contribution in [0.4, 0.5) is 0 Å². The van der Waals surface area contributed by atoms with Crippen molar-refractivity contribution in [2.75, 3.05) is 13.1 Å². The molecule has 1 aliphatic heterocycles. The number of hydrogen-bond donors (Lipinski definition) is 1. The summed E-state index contributed by atoms with van der Waals surface area (Å²) in [5.74, 6) is 0.889. The number of likely N-dealkylation sites (tertiary alicyclic amines) is 1. The molecule has 0 radical (unpaired) electrons. The first-order valence-electron chi connectivity index (χ1n) is 7.90. The lowest BCUT2D eigenvalue weighted by Gasteiger charge is -2.30. The highest BCUT2D eigenvalue weighted by atomic mass is 16.2. The molecule has 1 fully saturated rings. The lowest BCUT2D eigenvalue weighted by Crippen LogP contribution is -2.44. The number of carbonyl (C=O) groups is 1. The molecular weight excluding hydrogens is 236 g/mol. The number of carbonyl (C=O) groups excluding carboxylic acids is 1. The fourth-order valence-corrected chi connectivity index (χ4v) is 2.96. The minimum Gasteiger partial charge on any atom is -0.341 e. The van der Waals surface area contributed by atoms with Crippen molar-refractivity contribution in [1.82, 2.24) is 4.90 Å². The minimum atomic E-state index is -0.286. The van der Waals surface area contributed by atoms with Crippen LogP contribution in [0.15, 0.2) is 0 Å². The van der Waals surface area contributed by atoms with Gasteiger partial charge in [0.15, 0.2) is 0 Å². The third-order valence-electron chi connectivity index (χ3n) is 4.45. The van der Waals surface area contributed by atoms with Crippen LogP contribution in [0.3, 0.4) is 0 Å². The van der Waals surface area contributed by atoms with E-state index < -0.39 is 0 Å². The van der Waals surface area contributed by atoms with Crippen molar-refractivity contribution >= 4 is 5.91 Å². The monoisotopic (exact) mass is 268 g/mol. The average molecular weight is 268 g/mol. The van der Waals surface area contributed by atoms with Crippen molar-refractivity contribution in [2.24, 2.45) is 17.1 Å². The summed E-state index contributed by atoms with van der Waals surface area (Å²) in [5.41, 5.74) is 6.36. The minimum absolute atomic E-state index is 0.169. The van der Waals surface area contributed by atoms with Crippen LogP contribution in [0.1, 0.15) is 66.2 Å². The molecule has 2 N–H and O–H groups in total. The number of nitrogens with zero attached hydrogens (tertiary/aromatic N) is 1. The van der Waals surface area contributed by atoms with Gasteiger partial charge in [0.2, 0.25) is 5.91 Å². The largest absolute Gasteiger partial charge is 0.341 e. The van der Waals surface area contributed by atoms with Crippen LogP contribution >= 0.6 is 0 Å². The maximum atomic E-state index is 12.3. The summed E-state index contributed by atoms with van der Waals surface area (Å²) in [5, 5.41) is 0. The predicted molar refractivity (Wildman–Crippen MR) is 80.9 cm³/mol. The van der Waals surface area contributed by atoms with Crippen LogP contribution in [-0.4, -0.2) is 29.9 Å². The highest BCUT2D eigenvalue weighted by Gasteiger charge is 2.29. The van der Waals surface area contributed by atoms with Gasteiger partial charge in [0.05, 0.1) is 6.04 Å². The molecule has 1 aliphatic rings. The van der Waals surface area contributed by atoms with E-state index in [1.54, 1.807) is 0 Å². The molecular formula is C16H32N2O. The summed E-state index contributed by atoms with van der Waals surface area (Å²) in [6.45, 7) is 10.8. The van der Waals surface area contributed by atoms with E-state index in [9.17, 15) is 4.79 Å². The van der Waals surface area contributed by atoms with Crippen molar-refractivity contribution in [3.8, 4) is 0 Å². The highest BCUT2D eigenvalue weighted by molar-refractivity contribution is 5.81. The number of hydrogen-bond acceptors (Lipinski definition) is 2. The maximum absolute atomic E-state index is 12.3. The van der Waals surface area contributed by atoms with E-state index in [0.29, 0.717) is 5.41 Å². The van der Waals surface area contributed by atoms with Gasteiger partial charge in [-0.15, -0.1) is 0 Å². The second-order valence-corrected chi connectivity index (χ2v) is 7.07. The summed E-state index contributed by atoms with van der Waals surface area (Å²) in [6.07, 6.45) is 6.45. The summed E-state index contributed by atoms with van der Waals surface area (Å²) in [6, 6.07) is -0.286. The zero-order chi connectivity index (χ0) is 14.5. The van der Waals surface area contributed by atoms with Crippen LogP contribution in [0, 0.1) is 11.3 Å². The SMILES string of the molecule is CCCCC(N)C(=O)N1CCCC(C(C)(C)C)CC1. The molecule has 0 aromatic carbocycles. The van der Waals surface area contributed by atoms with E-state index in [0.717, 1.165) is 51.1 Å². The van der Waals surface area contributed by atoms with Crippen LogP contribution in [-0.2, 0) is 4.79 Å². The molecule has 0 spiro atoms. The molecule has 3 nitrogen and oxygen atoms in total. The molecule has 0 aromatic heterocycles. The maximum Gasteiger partial charge on any atom is 0.239 e. The summed E-state index contributed by atoms with van der Waals surface area (Å²) < 4.78 is 0. The molecule has 1 heterocycles. The molecule has 0 aliphatic carbocycles. The van der Waals surface area contributed by atoms with Crippen LogP contribution in [0.25, 0.3) is 0 Å². The van der Waals surface area contributed by atoms with Gasteiger partial charge in [0.25, 0.3) is 0 Å². The van der Waals surface area contributed by atoms with Gasteiger partial charge in [-0.3, -0.25) is 4.79 Å². The zero-order valence-electron chi connectivity index (χ0n) is 13.2. The Labute approximate surface area is 118 Å². The third kappa shape index (κ3) is 5.13. The van der Waals surface area contributed by atoms with E-state index in [1.165, 1.54) is 6.42 Å². The zero-order valence-corrected chi connectivity index (χ0v) is 13.2. The Hall–Kier alpha value is -0.570. The Morgan fingerprint density at radius 3 is 2.58 bits per heavy atom. The quantitative estimate of drug-likeness (QED) is 0.851. The molecule has 1 saturated heterocycles. The first kappa shape index (κ1) is 16.5. The van der Waals surface area contributed by atoms with E-state index in [1.807, 2.05) is 4.90 Å². The van der Waals surface area contributed by atoms with Crippen LogP contribution < -0.4 is 5.73 Å². The third-order valence-corrected chi connectivity index (χ3v) is 4.45. The highest BCUT2D eigenvalue weighted by Crippen LogP contribution is 2.34. The van der Waals surface area contributed by atoms with Crippen LogP contribution in [0.2, 0.25) is 0 Å². The normalized spacial score (nSPS) is 23.0. The lowest BCUT2D eigenvalue weighted by atomic mass is 9.77. The molecule has 2 unspecified atom stereocenters. The van der Waals surface area contributed by atoms with Crippen molar-refractivity contribution in [1.29, 1.82) is 0 Å². The van der Waals surface area contributed by atoms with Gasteiger partial charge in [0, 0.05) is 13.1 Å². The summed E-state index contributed by atoms with van der Waals surface area (Å²) >= 11 is 0. The van der Waals surface area contributed by atoms with Crippen LogP contribution in [0.5, 0.6) is 0 Å².